The van der Waals surface area contributed by atoms with E-state index in [0.717, 1.165) is 21.3 Å². The molecule has 8 heteroatoms. The molecule has 174 valence electrons. The number of hydrogen-bond donors (Lipinski definition) is 1. The lowest BCUT2D eigenvalue weighted by atomic mass is 9.93. The molecule has 1 N–H and O–H groups in total. The molecule has 0 spiro atoms. The standard InChI is InChI=1S/C26H24ClN3O3S/c1-16-8-9-19(13-20(16)27)30-23(31)21-12-17-10-11-34-24(17)29(21)15-26(30,2)25(32)28-14-18-6-4-5-7-22(18)33-3/h4-13H,14-15H2,1-3H3,(H,28,32). The molecule has 0 aliphatic carbocycles. The van der Waals surface area contributed by atoms with Crippen LogP contribution in [0.15, 0.2) is 60.0 Å². The highest BCUT2D eigenvalue weighted by atomic mass is 35.5. The Balaban J connectivity index is 1.57. The van der Waals surface area contributed by atoms with Crippen molar-refractivity contribution in [3.63, 3.8) is 0 Å². The lowest BCUT2D eigenvalue weighted by molar-refractivity contribution is -0.126. The topological polar surface area (TPSA) is 63.6 Å². The molecule has 1 unspecified atom stereocenters. The second-order valence-electron chi connectivity index (χ2n) is 8.64. The third-order valence-corrected chi connectivity index (χ3v) is 7.78. The Bertz CT molecular complexity index is 1430. The van der Waals surface area contributed by atoms with Crippen molar-refractivity contribution in [1.82, 2.24) is 9.88 Å². The number of benzene rings is 2. The molecule has 1 aliphatic heterocycles. The number of carbonyl (C=O) groups is 2. The number of hydrogen-bond acceptors (Lipinski definition) is 4. The number of ether oxygens (including phenoxy) is 1. The highest BCUT2D eigenvalue weighted by Gasteiger charge is 2.48. The Kier molecular flexibility index (Phi) is 5.62. The summed E-state index contributed by atoms with van der Waals surface area (Å²) in [6.07, 6.45) is 0. The summed E-state index contributed by atoms with van der Waals surface area (Å²) < 4.78 is 7.38. The molecule has 2 amide bonds. The van der Waals surface area contributed by atoms with Crippen LogP contribution in [0.3, 0.4) is 0 Å². The average molecular weight is 494 g/mol. The van der Waals surface area contributed by atoms with Crippen LogP contribution in [0.25, 0.3) is 10.2 Å². The third-order valence-electron chi connectivity index (χ3n) is 6.42. The zero-order valence-corrected chi connectivity index (χ0v) is 20.7. The Hall–Kier alpha value is -3.29. The molecule has 2 aromatic heterocycles. The van der Waals surface area contributed by atoms with Crippen LogP contribution in [0, 0.1) is 6.92 Å². The Morgan fingerprint density at radius 1 is 1.21 bits per heavy atom. The quantitative estimate of drug-likeness (QED) is 0.404. The summed E-state index contributed by atoms with van der Waals surface area (Å²) in [5.41, 5.74) is 1.73. The maximum Gasteiger partial charge on any atom is 0.275 e. The minimum atomic E-state index is -1.18. The number of nitrogens with zero attached hydrogens (tertiary/aromatic N) is 2. The van der Waals surface area contributed by atoms with Gasteiger partial charge in [0.25, 0.3) is 5.91 Å². The fourth-order valence-corrected chi connectivity index (χ4v) is 5.61. The van der Waals surface area contributed by atoms with Gasteiger partial charge in [0, 0.05) is 28.2 Å². The Morgan fingerprint density at radius 3 is 2.76 bits per heavy atom. The predicted octanol–water partition coefficient (Wildman–Crippen LogP) is 5.41. The molecule has 4 aromatic rings. The maximum absolute atomic E-state index is 13.8. The molecule has 1 aliphatic rings. The van der Waals surface area contributed by atoms with Crippen LogP contribution in [-0.2, 0) is 17.9 Å². The number of anilines is 1. The first-order chi connectivity index (χ1) is 16.3. The third kappa shape index (κ3) is 3.56. The van der Waals surface area contributed by atoms with Crippen molar-refractivity contribution in [2.24, 2.45) is 0 Å². The van der Waals surface area contributed by atoms with E-state index in [4.69, 9.17) is 16.3 Å². The van der Waals surface area contributed by atoms with Crippen molar-refractivity contribution in [3.05, 3.63) is 81.8 Å². The summed E-state index contributed by atoms with van der Waals surface area (Å²) in [6, 6.07) is 16.9. The zero-order chi connectivity index (χ0) is 24.0. The van der Waals surface area contributed by atoms with Gasteiger partial charge in [-0.3, -0.25) is 14.5 Å². The number of nitrogens with one attached hydrogen (secondary N) is 1. The van der Waals surface area contributed by atoms with Crippen molar-refractivity contribution in [2.45, 2.75) is 32.5 Å². The summed E-state index contributed by atoms with van der Waals surface area (Å²) in [6.45, 7) is 4.31. The Morgan fingerprint density at radius 2 is 2.00 bits per heavy atom. The van der Waals surface area contributed by atoms with Gasteiger partial charge in [-0.05, 0) is 55.1 Å². The van der Waals surface area contributed by atoms with Crippen LogP contribution in [0.5, 0.6) is 5.75 Å². The number of halogens is 1. The highest BCUT2D eigenvalue weighted by molar-refractivity contribution is 7.16. The number of amides is 2. The van der Waals surface area contributed by atoms with Crippen LogP contribution in [0.1, 0.15) is 28.5 Å². The van der Waals surface area contributed by atoms with Gasteiger partial charge in [-0.2, -0.15) is 0 Å². The summed E-state index contributed by atoms with van der Waals surface area (Å²) in [7, 11) is 1.60. The second-order valence-corrected chi connectivity index (χ2v) is 9.94. The van der Waals surface area contributed by atoms with Gasteiger partial charge < -0.3 is 14.6 Å². The van der Waals surface area contributed by atoms with Gasteiger partial charge in [0.2, 0.25) is 5.91 Å². The summed E-state index contributed by atoms with van der Waals surface area (Å²) in [4.78, 5) is 30.2. The molecule has 0 fully saturated rings. The fraction of sp³-hybridized carbons (Fsp3) is 0.231. The largest absolute Gasteiger partial charge is 0.496 e. The van der Waals surface area contributed by atoms with E-state index in [9.17, 15) is 9.59 Å². The molecule has 0 saturated carbocycles. The first-order valence-electron chi connectivity index (χ1n) is 10.9. The number of carbonyl (C=O) groups excluding carboxylic acids is 2. The van der Waals surface area contributed by atoms with Crippen LogP contribution in [0.2, 0.25) is 5.02 Å². The molecular formula is C26H24ClN3O3S. The van der Waals surface area contributed by atoms with E-state index in [-0.39, 0.29) is 18.4 Å². The number of aryl methyl sites for hydroxylation is 1. The Labute approximate surface area is 206 Å². The highest BCUT2D eigenvalue weighted by Crippen LogP contribution is 2.38. The first kappa shape index (κ1) is 22.5. The molecule has 0 bridgehead atoms. The lowest BCUT2D eigenvalue weighted by Crippen LogP contribution is -2.64. The van der Waals surface area contributed by atoms with Gasteiger partial charge in [-0.25, -0.2) is 0 Å². The molecule has 2 aromatic carbocycles. The maximum atomic E-state index is 13.8. The molecule has 0 saturated heterocycles. The molecule has 3 heterocycles. The molecule has 6 nitrogen and oxygen atoms in total. The number of methoxy groups -OCH3 is 1. The minimum absolute atomic E-state index is 0.232. The normalized spacial score (nSPS) is 17.6. The SMILES string of the molecule is COc1ccccc1CNC(=O)C1(C)Cn2c(cc3ccsc32)C(=O)N1c1ccc(C)c(Cl)c1. The van der Waals surface area contributed by atoms with Gasteiger partial charge in [0.15, 0.2) is 0 Å². The van der Waals surface area contributed by atoms with Crippen LogP contribution >= 0.6 is 22.9 Å². The van der Waals surface area contributed by atoms with Gasteiger partial charge in [0.1, 0.15) is 21.8 Å². The summed E-state index contributed by atoms with van der Waals surface area (Å²) >= 11 is 7.98. The molecule has 5 rings (SSSR count). The average Bonchev–Trinajstić information content (AvgIpc) is 3.42. The number of fused-ring (bicyclic) bond motifs is 3. The zero-order valence-electron chi connectivity index (χ0n) is 19.1. The van der Waals surface area contributed by atoms with Crippen molar-refractivity contribution in [1.29, 1.82) is 0 Å². The van der Waals surface area contributed by atoms with E-state index in [0.29, 0.717) is 28.7 Å². The lowest BCUT2D eigenvalue weighted by Gasteiger charge is -2.44. The second kappa shape index (κ2) is 8.49. The monoisotopic (exact) mass is 493 g/mol. The van der Waals surface area contributed by atoms with E-state index in [1.165, 1.54) is 0 Å². The predicted molar refractivity (Wildman–Crippen MR) is 136 cm³/mol. The van der Waals surface area contributed by atoms with Crippen molar-refractivity contribution in [2.75, 3.05) is 12.0 Å². The number of aromatic nitrogens is 1. The minimum Gasteiger partial charge on any atom is -0.496 e. The number of para-hydroxylation sites is 1. The van der Waals surface area contributed by atoms with Crippen LogP contribution in [0.4, 0.5) is 5.69 Å². The molecule has 34 heavy (non-hydrogen) atoms. The van der Waals surface area contributed by atoms with Gasteiger partial charge in [-0.1, -0.05) is 35.9 Å². The van der Waals surface area contributed by atoms with Crippen molar-refractivity contribution in [3.8, 4) is 5.75 Å². The smallest absolute Gasteiger partial charge is 0.275 e. The van der Waals surface area contributed by atoms with Gasteiger partial charge in [-0.15, -0.1) is 11.3 Å². The van der Waals surface area contributed by atoms with Gasteiger partial charge in [0.05, 0.1) is 13.7 Å². The van der Waals surface area contributed by atoms with E-state index in [1.54, 1.807) is 36.3 Å². The van der Waals surface area contributed by atoms with Gasteiger partial charge >= 0.3 is 0 Å². The first-order valence-corrected chi connectivity index (χ1v) is 12.2. The number of thiophene rings is 1. The molecular weight excluding hydrogens is 470 g/mol. The number of rotatable bonds is 5. The van der Waals surface area contributed by atoms with E-state index >= 15 is 0 Å². The summed E-state index contributed by atoms with van der Waals surface area (Å²) in [5.74, 6) is 0.208. The van der Waals surface area contributed by atoms with E-state index in [2.05, 4.69) is 5.32 Å². The fourth-order valence-electron chi connectivity index (χ4n) is 4.54. The van der Waals surface area contributed by atoms with Crippen LogP contribution < -0.4 is 15.0 Å². The van der Waals surface area contributed by atoms with E-state index < -0.39 is 5.54 Å². The molecule has 1 atom stereocenters. The van der Waals surface area contributed by atoms with Crippen molar-refractivity contribution < 1.29 is 14.3 Å². The van der Waals surface area contributed by atoms with Crippen LogP contribution in [-0.4, -0.2) is 29.0 Å². The van der Waals surface area contributed by atoms with Crippen molar-refractivity contribution >= 4 is 50.7 Å². The summed E-state index contributed by atoms with van der Waals surface area (Å²) in [5, 5.41) is 6.57. The van der Waals surface area contributed by atoms with E-state index in [1.807, 2.05) is 65.4 Å². The molecule has 0 radical (unpaired) electrons.